The number of hydrogen-bond donors (Lipinski definition) is 2. The quantitative estimate of drug-likeness (QED) is 0.358. The third-order valence-electron chi connectivity index (χ3n) is 3.49. The number of halogens is 1. The molecule has 0 saturated heterocycles. The number of nitrogens with two attached hydrogens (primary N) is 1. The average molecular weight is 459 g/mol. The van der Waals surface area contributed by atoms with E-state index in [0.717, 1.165) is 24.5 Å². The first-order valence-corrected chi connectivity index (χ1v) is 8.07. The van der Waals surface area contributed by atoms with Crippen molar-refractivity contribution in [3.63, 3.8) is 0 Å². The summed E-state index contributed by atoms with van der Waals surface area (Å²) in [4.78, 5) is 8.57. The summed E-state index contributed by atoms with van der Waals surface area (Å²) < 4.78 is 10.3. The largest absolute Gasteiger partial charge is 0.497 e. The van der Waals surface area contributed by atoms with E-state index >= 15 is 0 Å². The van der Waals surface area contributed by atoms with Crippen LogP contribution in [-0.4, -0.2) is 36.3 Å². The van der Waals surface area contributed by atoms with Gasteiger partial charge in [0.2, 0.25) is 5.89 Å². The molecule has 0 amide bonds. The fourth-order valence-corrected chi connectivity index (χ4v) is 2.06. The van der Waals surface area contributed by atoms with Crippen LogP contribution in [-0.2, 0) is 12.8 Å². The molecule has 25 heavy (non-hydrogen) atoms. The second kappa shape index (κ2) is 10.9. The highest BCUT2D eigenvalue weighted by Gasteiger charge is 2.08. The van der Waals surface area contributed by atoms with Crippen molar-refractivity contribution >= 4 is 29.9 Å². The van der Waals surface area contributed by atoms with Crippen LogP contribution in [0.15, 0.2) is 33.8 Å². The molecule has 0 radical (unpaired) electrons. The van der Waals surface area contributed by atoms with Crippen molar-refractivity contribution in [2.75, 3.05) is 20.2 Å². The maximum Gasteiger partial charge on any atom is 0.228 e. The van der Waals surface area contributed by atoms with Gasteiger partial charge < -0.3 is 20.3 Å². The molecule has 2 rings (SSSR count). The van der Waals surface area contributed by atoms with Gasteiger partial charge in [0, 0.05) is 18.9 Å². The third-order valence-corrected chi connectivity index (χ3v) is 3.49. The second-order valence-electron chi connectivity index (χ2n) is 5.74. The van der Waals surface area contributed by atoms with E-state index in [4.69, 9.17) is 15.0 Å². The smallest absolute Gasteiger partial charge is 0.228 e. The highest BCUT2D eigenvalue weighted by molar-refractivity contribution is 14.0. The zero-order chi connectivity index (χ0) is 17.4. The van der Waals surface area contributed by atoms with Crippen LogP contribution in [0.3, 0.4) is 0 Å². The summed E-state index contributed by atoms with van der Waals surface area (Å²) >= 11 is 0. The van der Waals surface area contributed by atoms with Gasteiger partial charge in [0.15, 0.2) is 11.8 Å². The van der Waals surface area contributed by atoms with Gasteiger partial charge in [0.25, 0.3) is 0 Å². The van der Waals surface area contributed by atoms with Gasteiger partial charge in [-0.3, -0.25) is 4.99 Å². The molecule has 2 aromatic rings. The van der Waals surface area contributed by atoms with Crippen molar-refractivity contribution in [2.24, 2.45) is 10.7 Å². The Morgan fingerprint density at radius 3 is 2.60 bits per heavy atom. The lowest BCUT2D eigenvalue weighted by atomic mass is 10.1. The van der Waals surface area contributed by atoms with E-state index in [1.165, 1.54) is 5.56 Å². The molecule has 0 saturated carbocycles. The van der Waals surface area contributed by atoms with Crippen LogP contribution in [0.5, 0.6) is 5.75 Å². The number of nitrogens with one attached hydrogen (secondary N) is 1. The zero-order valence-electron chi connectivity index (χ0n) is 14.9. The molecule has 7 nitrogen and oxygen atoms in total. The lowest BCUT2D eigenvalue weighted by Crippen LogP contribution is -2.33. The predicted octanol–water partition coefficient (Wildman–Crippen LogP) is 2.51. The number of rotatable bonds is 8. The fourth-order valence-electron chi connectivity index (χ4n) is 2.06. The number of benzene rings is 1. The van der Waals surface area contributed by atoms with Crippen molar-refractivity contribution in [1.82, 2.24) is 15.5 Å². The molecule has 138 valence electrons. The molecular weight excluding hydrogens is 433 g/mol. The molecule has 1 heterocycles. The Hall–Kier alpha value is -1.84. The maximum atomic E-state index is 5.85. The lowest BCUT2D eigenvalue weighted by molar-refractivity contribution is 0.372. The van der Waals surface area contributed by atoms with E-state index < -0.39 is 0 Å². The van der Waals surface area contributed by atoms with Crippen LogP contribution in [0, 0.1) is 0 Å². The first-order chi connectivity index (χ1) is 11.6. The van der Waals surface area contributed by atoms with Gasteiger partial charge in [-0.2, -0.15) is 4.98 Å². The van der Waals surface area contributed by atoms with Crippen LogP contribution in [0.1, 0.15) is 37.0 Å². The summed E-state index contributed by atoms with van der Waals surface area (Å²) in [6, 6.07) is 7.97. The molecular formula is C17H26IN5O2. The molecule has 0 aliphatic carbocycles. The number of hydrogen-bond acceptors (Lipinski definition) is 5. The molecule has 0 fully saturated rings. The first kappa shape index (κ1) is 21.2. The number of methoxy groups -OCH3 is 1. The van der Waals surface area contributed by atoms with Gasteiger partial charge >= 0.3 is 0 Å². The molecule has 0 aliphatic rings. The molecule has 1 aromatic heterocycles. The first-order valence-electron chi connectivity index (χ1n) is 8.07. The van der Waals surface area contributed by atoms with Gasteiger partial charge in [0.1, 0.15) is 5.75 Å². The summed E-state index contributed by atoms with van der Waals surface area (Å²) in [5.41, 5.74) is 7.06. The monoisotopic (exact) mass is 459 g/mol. The van der Waals surface area contributed by atoms with Crippen LogP contribution >= 0.6 is 24.0 Å². The SMILES string of the molecule is COc1ccc(CCNC(N)=NCCc2nc(C(C)C)no2)cc1.I. The summed E-state index contributed by atoms with van der Waals surface area (Å²) in [6.45, 7) is 5.29. The number of aromatic nitrogens is 2. The molecule has 0 unspecified atom stereocenters. The minimum Gasteiger partial charge on any atom is -0.497 e. The molecule has 1 aromatic carbocycles. The Morgan fingerprint density at radius 2 is 2.00 bits per heavy atom. The predicted molar refractivity (Wildman–Crippen MR) is 109 cm³/mol. The fraction of sp³-hybridized carbons (Fsp3) is 0.471. The normalized spacial score (nSPS) is 11.3. The van der Waals surface area contributed by atoms with Gasteiger partial charge in [-0.15, -0.1) is 24.0 Å². The van der Waals surface area contributed by atoms with Crippen LogP contribution < -0.4 is 15.8 Å². The Labute approximate surface area is 165 Å². The summed E-state index contributed by atoms with van der Waals surface area (Å²) in [7, 11) is 1.66. The number of nitrogens with zero attached hydrogens (tertiary/aromatic N) is 3. The second-order valence-corrected chi connectivity index (χ2v) is 5.74. The Morgan fingerprint density at radius 1 is 1.28 bits per heavy atom. The van der Waals surface area contributed by atoms with Crippen molar-refractivity contribution < 1.29 is 9.26 Å². The van der Waals surface area contributed by atoms with Crippen molar-refractivity contribution in [1.29, 1.82) is 0 Å². The molecule has 0 atom stereocenters. The van der Waals surface area contributed by atoms with E-state index in [1.54, 1.807) is 7.11 Å². The third kappa shape index (κ3) is 7.29. The summed E-state index contributed by atoms with van der Waals surface area (Å²) in [5, 5.41) is 7.02. The van der Waals surface area contributed by atoms with E-state index in [2.05, 4.69) is 20.4 Å². The van der Waals surface area contributed by atoms with E-state index in [-0.39, 0.29) is 29.9 Å². The summed E-state index contributed by atoms with van der Waals surface area (Å²) in [6.07, 6.45) is 1.45. The molecule has 3 N–H and O–H groups in total. The topological polar surface area (TPSA) is 98.6 Å². The number of aliphatic imine (C=N–C) groups is 1. The van der Waals surface area contributed by atoms with Crippen molar-refractivity contribution in [2.45, 2.75) is 32.6 Å². The maximum absolute atomic E-state index is 5.85. The van der Waals surface area contributed by atoms with E-state index in [1.807, 2.05) is 38.1 Å². The van der Waals surface area contributed by atoms with Crippen LogP contribution in [0.2, 0.25) is 0 Å². The number of ether oxygens (including phenoxy) is 1. The highest BCUT2D eigenvalue weighted by atomic mass is 127. The van der Waals surface area contributed by atoms with Gasteiger partial charge in [0.05, 0.1) is 13.7 Å². The minimum absolute atomic E-state index is 0. The molecule has 0 spiro atoms. The summed E-state index contributed by atoms with van der Waals surface area (Å²) in [5.74, 6) is 2.85. The molecule has 0 bridgehead atoms. The van der Waals surface area contributed by atoms with Gasteiger partial charge in [-0.25, -0.2) is 0 Å². The van der Waals surface area contributed by atoms with Crippen LogP contribution in [0.25, 0.3) is 0 Å². The standard InChI is InChI=1S/C17H25N5O2.HI/c1-12(2)16-21-15(24-22-16)9-11-20-17(18)19-10-8-13-4-6-14(23-3)7-5-13;/h4-7,12H,8-11H2,1-3H3,(H3,18,19,20);1H. The van der Waals surface area contributed by atoms with Crippen molar-refractivity contribution in [3.8, 4) is 5.75 Å². The zero-order valence-corrected chi connectivity index (χ0v) is 17.2. The Bertz CT molecular complexity index is 655. The lowest BCUT2D eigenvalue weighted by Gasteiger charge is -2.06. The molecule has 0 aliphatic heterocycles. The Balaban J connectivity index is 0.00000312. The van der Waals surface area contributed by atoms with E-state index in [9.17, 15) is 0 Å². The average Bonchev–Trinajstić information content (AvgIpc) is 3.05. The minimum atomic E-state index is 0. The Kier molecular flexibility index (Phi) is 9.25. The van der Waals surface area contributed by atoms with Crippen LogP contribution in [0.4, 0.5) is 0 Å². The number of guanidine groups is 1. The van der Waals surface area contributed by atoms with Gasteiger partial charge in [-0.1, -0.05) is 31.1 Å². The highest BCUT2D eigenvalue weighted by Crippen LogP contribution is 2.11. The van der Waals surface area contributed by atoms with Gasteiger partial charge in [-0.05, 0) is 24.1 Å². The van der Waals surface area contributed by atoms with E-state index in [0.29, 0.717) is 24.8 Å². The van der Waals surface area contributed by atoms with Crippen molar-refractivity contribution in [3.05, 3.63) is 41.5 Å². The molecule has 8 heteroatoms.